The maximum Gasteiger partial charge on any atom is 0.178 e. The summed E-state index contributed by atoms with van der Waals surface area (Å²) in [6.45, 7) is 2.06. The molecule has 0 fully saturated rings. The smallest absolute Gasteiger partial charge is 0.178 e. The van der Waals surface area contributed by atoms with E-state index < -0.39 is 0 Å². The van der Waals surface area contributed by atoms with E-state index in [1.165, 1.54) is 0 Å². The fraction of sp³-hybridized carbons (Fsp3) is 0.250. The zero-order chi connectivity index (χ0) is 8.55. The topological polar surface area (TPSA) is 41.6 Å². The Morgan fingerprint density at radius 3 is 3.00 bits per heavy atom. The minimum absolute atomic E-state index is 0.779. The van der Waals surface area contributed by atoms with E-state index in [1.807, 2.05) is 12.1 Å². The molecule has 0 aliphatic carbocycles. The van der Waals surface area contributed by atoms with Gasteiger partial charge in [-0.3, -0.25) is 0 Å². The number of pyridine rings is 1. The molecule has 2 aromatic heterocycles. The maximum absolute atomic E-state index is 4.30. The Bertz CT molecular complexity index is 408. The minimum atomic E-state index is 0.779. The number of hydrogen-bond donors (Lipinski definition) is 1. The highest BCUT2D eigenvalue weighted by Crippen LogP contribution is 2.13. The second-order valence-electron chi connectivity index (χ2n) is 2.54. The molecular formula is C8H8BrN3. The van der Waals surface area contributed by atoms with Crippen LogP contribution in [0.3, 0.4) is 0 Å². The molecule has 0 aliphatic rings. The molecular weight excluding hydrogens is 218 g/mol. The molecule has 0 saturated carbocycles. The van der Waals surface area contributed by atoms with Gasteiger partial charge in [-0.1, -0.05) is 6.92 Å². The quantitative estimate of drug-likeness (QED) is 0.758. The van der Waals surface area contributed by atoms with E-state index in [0.717, 1.165) is 28.0 Å². The number of aromatic nitrogens is 3. The van der Waals surface area contributed by atoms with E-state index in [2.05, 4.69) is 37.8 Å². The van der Waals surface area contributed by atoms with Gasteiger partial charge >= 0.3 is 0 Å². The Balaban J connectivity index is 2.67. The third-order valence-electron chi connectivity index (χ3n) is 1.70. The summed E-state index contributed by atoms with van der Waals surface area (Å²) in [5.41, 5.74) is 1.77. The van der Waals surface area contributed by atoms with Crippen molar-refractivity contribution in [1.82, 2.24) is 15.0 Å². The van der Waals surface area contributed by atoms with Crippen LogP contribution in [0.1, 0.15) is 12.7 Å². The normalized spacial score (nSPS) is 10.8. The fourth-order valence-corrected chi connectivity index (χ4v) is 1.39. The number of aromatic amines is 1. The Hall–Kier alpha value is -0.900. The fourth-order valence-electron chi connectivity index (χ4n) is 1.09. The lowest BCUT2D eigenvalue weighted by Gasteiger charge is -1.86. The van der Waals surface area contributed by atoms with E-state index in [1.54, 1.807) is 0 Å². The highest BCUT2D eigenvalue weighted by molar-refractivity contribution is 9.10. The van der Waals surface area contributed by atoms with Crippen molar-refractivity contribution < 1.29 is 0 Å². The van der Waals surface area contributed by atoms with E-state index in [4.69, 9.17) is 0 Å². The summed E-state index contributed by atoms with van der Waals surface area (Å²) < 4.78 is 0.823. The van der Waals surface area contributed by atoms with Crippen LogP contribution in [0.2, 0.25) is 0 Å². The summed E-state index contributed by atoms with van der Waals surface area (Å²) in [5.74, 6) is 0.982. The van der Waals surface area contributed by atoms with E-state index >= 15 is 0 Å². The Morgan fingerprint density at radius 2 is 2.25 bits per heavy atom. The number of aryl methyl sites for hydroxylation is 1. The number of nitrogens with one attached hydrogen (secondary N) is 1. The molecule has 62 valence electrons. The Kier molecular flexibility index (Phi) is 1.84. The molecule has 12 heavy (non-hydrogen) atoms. The van der Waals surface area contributed by atoms with Gasteiger partial charge in [0, 0.05) is 6.42 Å². The van der Waals surface area contributed by atoms with Gasteiger partial charge in [0.05, 0.1) is 5.52 Å². The van der Waals surface area contributed by atoms with E-state index in [-0.39, 0.29) is 0 Å². The lowest BCUT2D eigenvalue weighted by atomic mass is 10.4. The SMILES string of the molecule is CCc1nc2nc(Br)ccc2[nH]1. The van der Waals surface area contributed by atoms with Crippen LogP contribution in [0.5, 0.6) is 0 Å². The first-order chi connectivity index (χ1) is 5.79. The van der Waals surface area contributed by atoms with Crippen molar-refractivity contribution in [2.45, 2.75) is 13.3 Å². The highest BCUT2D eigenvalue weighted by atomic mass is 79.9. The van der Waals surface area contributed by atoms with Gasteiger partial charge < -0.3 is 4.98 Å². The van der Waals surface area contributed by atoms with Crippen molar-refractivity contribution in [1.29, 1.82) is 0 Å². The molecule has 1 N–H and O–H groups in total. The average molecular weight is 226 g/mol. The first-order valence-electron chi connectivity index (χ1n) is 3.80. The summed E-state index contributed by atoms with van der Waals surface area (Å²) in [7, 11) is 0. The lowest BCUT2D eigenvalue weighted by Crippen LogP contribution is -1.80. The average Bonchev–Trinajstić information content (AvgIpc) is 2.46. The van der Waals surface area contributed by atoms with Gasteiger partial charge in [-0.05, 0) is 28.1 Å². The summed E-state index contributed by atoms with van der Waals surface area (Å²) in [5, 5.41) is 0. The largest absolute Gasteiger partial charge is 0.341 e. The molecule has 0 radical (unpaired) electrons. The zero-order valence-corrected chi connectivity index (χ0v) is 8.22. The number of nitrogens with zero attached hydrogens (tertiary/aromatic N) is 2. The number of rotatable bonds is 1. The molecule has 2 heterocycles. The number of H-pyrrole nitrogens is 1. The molecule has 0 saturated heterocycles. The highest BCUT2D eigenvalue weighted by Gasteiger charge is 2.01. The second kappa shape index (κ2) is 2.86. The van der Waals surface area contributed by atoms with Gasteiger partial charge in [-0.15, -0.1) is 0 Å². The lowest BCUT2D eigenvalue weighted by molar-refractivity contribution is 0.997. The van der Waals surface area contributed by atoms with Gasteiger partial charge in [0.25, 0.3) is 0 Å². The van der Waals surface area contributed by atoms with Crippen LogP contribution in [0.25, 0.3) is 11.2 Å². The number of fused-ring (bicyclic) bond motifs is 1. The molecule has 0 bridgehead atoms. The molecule has 2 rings (SSSR count). The predicted molar refractivity (Wildman–Crippen MR) is 51.0 cm³/mol. The molecule has 0 unspecified atom stereocenters. The van der Waals surface area contributed by atoms with Crippen LogP contribution in [0, 0.1) is 0 Å². The summed E-state index contributed by atoms with van der Waals surface area (Å²) in [6.07, 6.45) is 0.911. The van der Waals surface area contributed by atoms with Gasteiger partial charge in [0.1, 0.15) is 10.4 Å². The van der Waals surface area contributed by atoms with Crippen LogP contribution in [0.15, 0.2) is 16.7 Å². The van der Waals surface area contributed by atoms with Crippen molar-refractivity contribution in [3.63, 3.8) is 0 Å². The zero-order valence-electron chi connectivity index (χ0n) is 6.63. The molecule has 2 aromatic rings. The molecule has 0 spiro atoms. The molecule has 4 heteroatoms. The maximum atomic E-state index is 4.30. The van der Waals surface area contributed by atoms with Crippen LogP contribution in [-0.4, -0.2) is 15.0 Å². The van der Waals surface area contributed by atoms with Crippen molar-refractivity contribution in [2.24, 2.45) is 0 Å². The van der Waals surface area contributed by atoms with Crippen molar-refractivity contribution in [2.75, 3.05) is 0 Å². The van der Waals surface area contributed by atoms with Gasteiger partial charge in [-0.25, -0.2) is 9.97 Å². The molecule has 0 aromatic carbocycles. The van der Waals surface area contributed by atoms with Crippen LogP contribution < -0.4 is 0 Å². The third kappa shape index (κ3) is 1.22. The molecule has 3 nitrogen and oxygen atoms in total. The van der Waals surface area contributed by atoms with Crippen LogP contribution in [0.4, 0.5) is 0 Å². The van der Waals surface area contributed by atoms with E-state index in [0.29, 0.717) is 0 Å². The number of halogens is 1. The van der Waals surface area contributed by atoms with Crippen LogP contribution in [-0.2, 0) is 6.42 Å². The number of imidazole rings is 1. The van der Waals surface area contributed by atoms with E-state index in [9.17, 15) is 0 Å². The predicted octanol–water partition coefficient (Wildman–Crippen LogP) is 2.28. The third-order valence-corrected chi connectivity index (χ3v) is 2.14. The Morgan fingerprint density at radius 1 is 1.42 bits per heavy atom. The first kappa shape index (κ1) is 7.73. The second-order valence-corrected chi connectivity index (χ2v) is 3.35. The summed E-state index contributed by atoms with van der Waals surface area (Å²) in [4.78, 5) is 11.7. The van der Waals surface area contributed by atoms with Crippen molar-refractivity contribution in [3.05, 3.63) is 22.6 Å². The number of hydrogen-bond acceptors (Lipinski definition) is 2. The standard InChI is InChI=1S/C8H8BrN3/c1-2-7-10-5-3-4-6(9)11-8(5)12-7/h3-4H,2H2,1H3,(H,10,11,12). The molecule has 0 atom stereocenters. The monoisotopic (exact) mass is 225 g/mol. The van der Waals surface area contributed by atoms with Gasteiger partial charge in [-0.2, -0.15) is 0 Å². The minimum Gasteiger partial charge on any atom is -0.341 e. The van der Waals surface area contributed by atoms with Crippen LogP contribution >= 0.6 is 15.9 Å². The molecule has 0 amide bonds. The van der Waals surface area contributed by atoms with Gasteiger partial charge in [0.2, 0.25) is 0 Å². The molecule has 0 aliphatic heterocycles. The first-order valence-corrected chi connectivity index (χ1v) is 4.60. The summed E-state index contributed by atoms with van der Waals surface area (Å²) >= 11 is 3.30. The summed E-state index contributed by atoms with van der Waals surface area (Å²) in [6, 6.07) is 3.87. The Labute approximate surface area is 78.4 Å². The van der Waals surface area contributed by atoms with Crippen molar-refractivity contribution >= 4 is 27.1 Å². The van der Waals surface area contributed by atoms with Gasteiger partial charge in [0.15, 0.2) is 5.65 Å². The van der Waals surface area contributed by atoms with Crippen molar-refractivity contribution in [3.8, 4) is 0 Å².